The third-order valence-corrected chi connectivity index (χ3v) is 4.34. The van der Waals surface area contributed by atoms with Crippen LogP contribution in [0.1, 0.15) is 22.5 Å². The Balaban J connectivity index is 1.92. The highest BCUT2D eigenvalue weighted by atomic mass is 19.4. The van der Waals surface area contributed by atoms with E-state index >= 15 is 0 Å². The van der Waals surface area contributed by atoms with Crippen LogP contribution in [0, 0.1) is 0 Å². The second-order valence-electron chi connectivity index (χ2n) is 6.45. The summed E-state index contributed by atoms with van der Waals surface area (Å²) in [4.78, 5) is 4.34. The van der Waals surface area contributed by atoms with E-state index in [1.807, 2.05) is 30.3 Å². The fourth-order valence-corrected chi connectivity index (χ4v) is 2.93. The molecule has 0 amide bonds. The van der Waals surface area contributed by atoms with Gasteiger partial charge in [-0.3, -0.25) is 0 Å². The number of nitrogens with two attached hydrogens (primary N) is 1. The minimum absolute atomic E-state index is 0.102. The summed E-state index contributed by atoms with van der Waals surface area (Å²) in [5.74, 6) is 0.102. The van der Waals surface area contributed by atoms with E-state index in [4.69, 9.17) is 5.73 Å². The van der Waals surface area contributed by atoms with Crippen molar-refractivity contribution < 1.29 is 18.3 Å². The number of hydrogen-bond donors (Lipinski definition) is 2. The maximum absolute atomic E-state index is 13.0. The van der Waals surface area contributed by atoms with E-state index in [1.165, 1.54) is 6.33 Å². The fourth-order valence-electron chi connectivity index (χ4n) is 2.93. The molecule has 1 aromatic heterocycles. The predicted molar refractivity (Wildman–Crippen MR) is 96.4 cm³/mol. The number of alkyl halides is 3. The third-order valence-electron chi connectivity index (χ3n) is 4.34. The Morgan fingerprint density at radius 3 is 2.41 bits per heavy atom. The minimum Gasteiger partial charge on any atom is -0.508 e. The van der Waals surface area contributed by atoms with Crippen molar-refractivity contribution in [3.8, 4) is 5.75 Å². The van der Waals surface area contributed by atoms with E-state index < -0.39 is 12.2 Å². The lowest BCUT2D eigenvalue weighted by molar-refractivity contribution is -0.147. The van der Waals surface area contributed by atoms with Crippen LogP contribution in [-0.4, -0.2) is 26.9 Å². The standard InChI is InChI=1S/C20H20F3N3O/c21-20(22,23)19(24)11-18-17(10-14-5-2-1-3-6-14)25-13-26(18)12-15-7-4-8-16(27)9-15/h1-9,13,19,27H,10-12,24H2. The molecular weight excluding hydrogens is 355 g/mol. The maximum atomic E-state index is 13.0. The Morgan fingerprint density at radius 2 is 1.74 bits per heavy atom. The SMILES string of the molecule is NC(Cc1c(Cc2ccccc2)ncn1Cc1cccc(O)c1)C(F)(F)F. The molecule has 0 bridgehead atoms. The zero-order valence-corrected chi connectivity index (χ0v) is 14.5. The summed E-state index contributed by atoms with van der Waals surface area (Å²) in [5.41, 5.74) is 8.13. The van der Waals surface area contributed by atoms with Crippen LogP contribution in [0.2, 0.25) is 0 Å². The molecule has 7 heteroatoms. The number of rotatable bonds is 6. The lowest BCUT2D eigenvalue weighted by Crippen LogP contribution is -2.39. The third kappa shape index (κ3) is 4.89. The molecule has 3 N–H and O–H groups in total. The molecule has 2 aromatic carbocycles. The van der Waals surface area contributed by atoms with Crippen molar-refractivity contribution in [2.45, 2.75) is 31.6 Å². The van der Waals surface area contributed by atoms with Gasteiger partial charge in [-0.25, -0.2) is 4.98 Å². The smallest absolute Gasteiger partial charge is 0.404 e. The summed E-state index contributed by atoms with van der Waals surface area (Å²) in [6, 6.07) is 14.1. The highest BCUT2D eigenvalue weighted by Crippen LogP contribution is 2.24. The van der Waals surface area contributed by atoms with Crippen LogP contribution in [0.5, 0.6) is 5.75 Å². The predicted octanol–water partition coefficient (Wildman–Crippen LogP) is 3.66. The molecule has 1 unspecified atom stereocenters. The van der Waals surface area contributed by atoms with Gasteiger partial charge in [0.1, 0.15) is 11.8 Å². The van der Waals surface area contributed by atoms with E-state index in [0.29, 0.717) is 24.4 Å². The molecule has 27 heavy (non-hydrogen) atoms. The topological polar surface area (TPSA) is 64.1 Å². The molecule has 3 aromatic rings. The Hall–Kier alpha value is -2.80. The van der Waals surface area contributed by atoms with Gasteiger partial charge in [-0.2, -0.15) is 13.2 Å². The van der Waals surface area contributed by atoms with Crippen LogP contribution in [-0.2, 0) is 19.4 Å². The van der Waals surface area contributed by atoms with Crippen LogP contribution in [0.25, 0.3) is 0 Å². The van der Waals surface area contributed by atoms with Crippen molar-refractivity contribution in [2.24, 2.45) is 5.73 Å². The largest absolute Gasteiger partial charge is 0.508 e. The molecule has 0 aliphatic heterocycles. The number of nitrogens with zero attached hydrogens (tertiary/aromatic N) is 2. The Bertz CT molecular complexity index is 891. The van der Waals surface area contributed by atoms with Crippen LogP contribution >= 0.6 is 0 Å². The normalized spacial score (nSPS) is 12.9. The number of phenolic OH excluding ortho intramolecular Hbond substituents is 1. The molecule has 1 heterocycles. The number of aromatic nitrogens is 2. The summed E-state index contributed by atoms with van der Waals surface area (Å²) in [6.45, 7) is 0.302. The van der Waals surface area contributed by atoms with Gasteiger partial charge in [-0.05, 0) is 23.3 Å². The maximum Gasteiger partial charge on any atom is 0.404 e. The number of aromatic hydroxyl groups is 1. The minimum atomic E-state index is -4.48. The van der Waals surface area contributed by atoms with Crippen LogP contribution in [0.15, 0.2) is 60.9 Å². The summed E-state index contributed by atoms with van der Waals surface area (Å²) in [5, 5.41) is 9.62. The zero-order valence-electron chi connectivity index (χ0n) is 14.5. The number of hydrogen-bond acceptors (Lipinski definition) is 3. The van der Waals surface area contributed by atoms with Crippen molar-refractivity contribution in [3.05, 3.63) is 83.4 Å². The zero-order chi connectivity index (χ0) is 19.4. The molecule has 0 radical (unpaired) electrons. The molecule has 0 saturated heterocycles. The first-order valence-electron chi connectivity index (χ1n) is 8.50. The molecular formula is C20H20F3N3O. The van der Waals surface area contributed by atoms with Crippen LogP contribution in [0.4, 0.5) is 13.2 Å². The van der Waals surface area contributed by atoms with Crippen molar-refractivity contribution in [2.75, 3.05) is 0 Å². The summed E-state index contributed by atoms with van der Waals surface area (Å²) < 4.78 is 40.7. The molecule has 0 aliphatic carbocycles. The number of imidazole rings is 1. The highest BCUT2D eigenvalue weighted by Gasteiger charge is 2.37. The van der Waals surface area contributed by atoms with Crippen molar-refractivity contribution in [1.82, 2.24) is 9.55 Å². The second kappa shape index (κ2) is 7.84. The quantitative estimate of drug-likeness (QED) is 0.691. The lowest BCUT2D eigenvalue weighted by atomic mass is 10.0. The van der Waals surface area contributed by atoms with Gasteiger partial charge in [0.2, 0.25) is 0 Å². The number of benzene rings is 2. The van der Waals surface area contributed by atoms with Crippen molar-refractivity contribution in [3.63, 3.8) is 0 Å². The van der Waals surface area contributed by atoms with Crippen molar-refractivity contribution >= 4 is 0 Å². The first-order valence-corrected chi connectivity index (χ1v) is 8.50. The van der Waals surface area contributed by atoms with E-state index in [1.54, 1.807) is 28.8 Å². The summed E-state index contributed by atoms with van der Waals surface area (Å²) in [7, 11) is 0. The average molecular weight is 375 g/mol. The first kappa shape index (κ1) is 19.0. The number of phenols is 1. The molecule has 0 spiro atoms. The molecule has 1 atom stereocenters. The molecule has 0 saturated carbocycles. The lowest BCUT2D eigenvalue weighted by Gasteiger charge is -2.18. The van der Waals surface area contributed by atoms with E-state index in [9.17, 15) is 18.3 Å². The van der Waals surface area contributed by atoms with Gasteiger partial charge >= 0.3 is 6.18 Å². The number of halogens is 3. The summed E-state index contributed by atoms with van der Waals surface area (Å²) >= 11 is 0. The van der Waals surface area contributed by atoms with E-state index in [2.05, 4.69) is 4.98 Å². The molecule has 3 rings (SSSR count). The molecule has 0 aliphatic rings. The molecule has 4 nitrogen and oxygen atoms in total. The monoisotopic (exact) mass is 375 g/mol. The average Bonchev–Trinajstić information content (AvgIpc) is 2.97. The van der Waals surface area contributed by atoms with Gasteiger partial charge in [0.15, 0.2) is 0 Å². The highest BCUT2D eigenvalue weighted by molar-refractivity contribution is 5.29. The van der Waals surface area contributed by atoms with Gasteiger partial charge in [0.25, 0.3) is 0 Å². The van der Waals surface area contributed by atoms with Gasteiger partial charge in [0, 0.05) is 25.1 Å². The molecule has 0 fully saturated rings. The van der Waals surface area contributed by atoms with Crippen LogP contribution in [0.3, 0.4) is 0 Å². The van der Waals surface area contributed by atoms with Gasteiger partial charge in [-0.15, -0.1) is 0 Å². The van der Waals surface area contributed by atoms with Crippen LogP contribution < -0.4 is 5.73 Å². The Morgan fingerprint density at radius 1 is 1.04 bits per heavy atom. The second-order valence-corrected chi connectivity index (χ2v) is 6.45. The van der Waals surface area contributed by atoms with Crippen molar-refractivity contribution in [1.29, 1.82) is 0 Å². The molecule has 142 valence electrons. The summed E-state index contributed by atoms with van der Waals surface area (Å²) in [6.07, 6.45) is -2.89. The fraction of sp³-hybridized carbons (Fsp3) is 0.250. The van der Waals surface area contributed by atoms with Gasteiger partial charge < -0.3 is 15.4 Å². The Labute approximate surface area is 155 Å². The van der Waals surface area contributed by atoms with Gasteiger partial charge in [-0.1, -0.05) is 42.5 Å². The Kier molecular flexibility index (Phi) is 5.51. The van der Waals surface area contributed by atoms with E-state index in [0.717, 1.165) is 11.1 Å². The first-order chi connectivity index (χ1) is 12.8. The van der Waals surface area contributed by atoms with Gasteiger partial charge in [0.05, 0.1) is 12.0 Å². The van der Waals surface area contributed by atoms with E-state index in [-0.39, 0.29) is 12.2 Å².